The minimum Gasteiger partial charge on any atom is -0.396 e. The summed E-state index contributed by atoms with van der Waals surface area (Å²) in [5.74, 6) is -1.67. The van der Waals surface area contributed by atoms with E-state index in [1.807, 2.05) is 13.8 Å². The number of aromatic nitrogens is 3. The van der Waals surface area contributed by atoms with Crippen LogP contribution in [0.5, 0.6) is 0 Å². The molecule has 38 heavy (non-hydrogen) atoms. The Labute approximate surface area is 214 Å². The molecule has 0 spiro atoms. The molecule has 4 rings (SSSR count). The molecule has 1 unspecified atom stereocenters. The Kier molecular flexibility index (Phi) is 7.70. The fraction of sp³-hybridized carbons (Fsp3) is 0.440. The smallest absolute Gasteiger partial charge is 0.396 e. The fourth-order valence-corrected chi connectivity index (χ4v) is 4.64. The molecule has 3 heterocycles. The predicted molar refractivity (Wildman–Crippen MR) is 130 cm³/mol. The third-order valence-electron chi connectivity index (χ3n) is 6.20. The summed E-state index contributed by atoms with van der Waals surface area (Å²) in [4.78, 5) is 37.2. The molecule has 9 nitrogen and oxygen atoms in total. The number of pyridine rings is 1. The molecular weight excluding hydrogens is 510 g/mol. The average Bonchev–Trinajstić information content (AvgIpc) is 2.82. The maximum Gasteiger partial charge on any atom is 0.416 e. The number of morpholine rings is 1. The van der Waals surface area contributed by atoms with Crippen molar-refractivity contribution in [3.05, 3.63) is 63.1 Å². The summed E-state index contributed by atoms with van der Waals surface area (Å²) in [7, 11) is 0. The van der Waals surface area contributed by atoms with Gasteiger partial charge in [-0.1, -0.05) is 0 Å². The summed E-state index contributed by atoms with van der Waals surface area (Å²) >= 11 is 0. The average molecular weight is 538 g/mol. The zero-order valence-corrected chi connectivity index (χ0v) is 20.9. The summed E-state index contributed by atoms with van der Waals surface area (Å²) in [6, 6.07) is 1.48. The lowest BCUT2D eigenvalue weighted by Gasteiger charge is -2.35. The molecule has 13 heteroatoms. The normalized spacial score (nSPS) is 19.0. The summed E-state index contributed by atoms with van der Waals surface area (Å²) in [6.07, 6.45) is -4.34. The number of carbonyl (C=O) groups excluding carboxylic acids is 1. The molecule has 3 atom stereocenters. The van der Waals surface area contributed by atoms with Crippen molar-refractivity contribution in [3.63, 3.8) is 0 Å². The molecule has 0 bridgehead atoms. The number of aliphatic hydroxyl groups excluding tert-OH is 1. The van der Waals surface area contributed by atoms with Gasteiger partial charge in [0.2, 0.25) is 0 Å². The molecule has 1 aliphatic heterocycles. The van der Waals surface area contributed by atoms with Crippen LogP contribution in [0.25, 0.3) is 10.9 Å². The van der Waals surface area contributed by atoms with E-state index in [4.69, 9.17) is 4.74 Å². The lowest BCUT2D eigenvalue weighted by molar-refractivity contribution is -0.138. The lowest BCUT2D eigenvalue weighted by Crippen LogP contribution is -2.48. The van der Waals surface area contributed by atoms with Crippen molar-refractivity contribution >= 4 is 22.6 Å². The van der Waals surface area contributed by atoms with Crippen LogP contribution in [0.4, 0.5) is 23.4 Å². The number of hydrogen-bond acceptors (Lipinski definition) is 7. The van der Waals surface area contributed by atoms with Gasteiger partial charge in [-0.05, 0) is 51.0 Å². The quantitative estimate of drug-likeness (QED) is 0.411. The highest BCUT2D eigenvalue weighted by atomic mass is 19.4. The first kappa shape index (κ1) is 27.5. The van der Waals surface area contributed by atoms with Gasteiger partial charge in [-0.3, -0.25) is 9.59 Å². The number of rotatable bonds is 6. The van der Waals surface area contributed by atoms with Crippen LogP contribution in [-0.2, 0) is 10.9 Å². The summed E-state index contributed by atoms with van der Waals surface area (Å²) in [5, 5.41) is 12.1. The Hall–Kier alpha value is -3.58. The van der Waals surface area contributed by atoms with Crippen molar-refractivity contribution in [3.8, 4) is 0 Å². The van der Waals surface area contributed by atoms with Crippen molar-refractivity contribution in [2.24, 2.45) is 0 Å². The number of alkyl halides is 3. The Bertz CT molecular complexity index is 1400. The largest absolute Gasteiger partial charge is 0.416 e. The summed E-state index contributed by atoms with van der Waals surface area (Å²) in [6.45, 7) is 5.17. The van der Waals surface area contributed by atoms with Crippen LogP contribution in [0.2, 0.25) is 0 Å². The van der Waals surface area contributed by atoms with Gasteiger partial charge in [0.1, 0.15) is 5.82 Å². The molecule has 1 aromatic carbocycles. The van der Waals surface area contributed by atoms with Gasteiger partial charge < -0.3 is 25.0 Å². The number of fused-ring (bicyclic) bond motifs is 1. The number of amides is 1. The van der Waals surface area contributed by atoms with Gasteiger partial charge in [0.25, 0.3) is 11.5 Å². The van der Waals surface area contributed by atoms with Crippen LogP contribution < -0.4 is 10.9 Å². The number of halogens is 4. The third-order valence-corrected chi connectivity index (χ3v) is 6.20. The van der Waals surface area contributed by atoms with Crippen molar-refractivity contribution in [2.45, 2.75) is 51.6 Å². The number of nitrogens with zero attached hydrogens (tertiary/aromatic N) is 3. The minimum atomic E-state index is -4.83. The second-order valence-corrected chi connectivity index (χ2v) is 9.34. The van der Waals surface area contributed by atoms with E-state index < -0.39 is 47.5 Å². The summed E-state index contributed by atoms with van der Waals surface area (Å²) < 4.78 is 62.8. The van der Waals surface area contributed by atoms with Gasteiger partial charge in [0.05, 0.1) is 40.3 Å². The Balaban J connectivity index is 1.69. The highest BCUT2D eigenvalue weighted by Gasteiger charge is 2.36. The zero-order valence-electron chi connectivity index (χ0n) is 20.9. The van der Waals surface area contributed by atoms with Crippen molar-refractivity contribution < 1.29 is 32.2 Å². The SMILES string of the molecule is Cc1nc2cc(C(F)(F)F)c(C(CCO)Nc3ncc(C(=O)N4C[C@@H](C)O[C@@H](C)C4)cc3F)cc2c(=O)[nH]1. The van der Waals surface area contributed by atoms with Crippen LogP contribution in [-0.4, -0.2) is 62.8 Å². The van der Waals surface area contributed by atoms with E-state index in [-0.39, 0.29) is 46.5 Å². The number of ether oxygens (including phenoxy) is 1. The Morgan fingerprint density at radius 3 is 2.55 bits per heavy atom. The number of nitrogens with one attached hydrogen (secondary N) is 2. The highest BCUT2D eigenvalue weighted by molar-refractivity contribution is 5.94. The number of aryl methyl sites for hydroxylation is 1. The van der Waals surface area contributed by atoms with Crippen LogP contribution >= 0.6 is 0 Å². The van der Waals surface area contributed by atoms with E-state index in [1.54, 1.807) is 0 Å². The number of aliphatic hydroxyl groups is 1. The maximum absolute atomic E-state index is 15.1. The molecule has 204 valence electrons. The standard InChI is InChI=1S/C25H27F4N5O4/c1-12-10-34(11-13(2)38-12)24(37)15-6-19(26)22(30-9-15)33-20(4-5-35)16-7-17-21(8-18(16)25(27,28)29)31-14(3)32-23(17)36/h6-9,12-13,20,35H,4-5,10-11H2,1-3H3,(H,30,33)(H,31,32,36)/t12-,13+,20?. The van der Waals surface area contributed by atoms with Crippen LogP contribution in [0.1, 0.15) is 53.6 Å². The molecule has 1 saturated heterocycles. The lowest BCUT2D eigenvalue weighted by atomic mass is 9.95. The predicted octanol–water partition coefficient (Wildman–Crippen LogP) is 3.57. The van der Waals surface area contributed by atoms with Crippen molar-refractivity contribution in [2.75, 3.05) is 25.0 Å². The second kappa shape index (κ2) is 10.7. The maximum atomic E-state index is 15.1. The van der Waals surface area contributed by atoms with Gasteiger partial charge in [-0.2, -0.15) is 13.2 Å². The van der Waals surface area contributed by atoms with E-state index in [9.17, 15) is 27.9 Å². The molecule has 3 aromatic rings. The molecule has 2 aromatic heterocycles. The number of aromatic amines is 1. The Morgan fingerprint density at radius 1 is 1.26 bits per heavy atom. The van der Waals surface area contributed by atoms with Crippen molar-refractivity contribution in [1.29, 1.82) is 0 Å². The first-order valence-electron chi connectivity index (χ1n) is 12.0. The Morgan fingerprint density at radius 2 is 1.95 bits per heavy atom. The first-order chi connectivity index (χ1) is 17.9. The fourth-order valence-electron chi connectivity index (χ4n) is 4.64. The molecule has 0 radical (unpaired) electrons. The third kappa shape index (κ3) is 5.78. The zero-order chi connectivity index (χ0) is 27.8. The van der Waals surface area contributed by atoms with Gasteiger partial charge in [0, 0.05) is 25.9 Å². The monoisotopic (exact) mass is 537 g/mol. The molecular formula is C25H27F4N5O4. The van der Waals surface area contributed by atoms with E-state index >= 15 is 4.39 Å². The number of anilines is 1. The molecule has 0 aliphatic carbocycles. The van der Waals surface area contributed by atoms with E-state index in [0.717, 1.165) is 24.4 Å². The number of H-pyrrole nitrogens is 1. The topological polar surface area (TPSA) is 120 Å². The van der Waals surface area contributed by atoms with E-state index in [1.165, 1.54) is 11.8 Å². The van der Waals surface area contributed by atoms with Crippen LogP contribution in [0.15, 0.2) is 29.2 Å². The number of benzene rings is 1. The van der Waals surface area contributed by atoms with Gasteiger partial charge in [-0.25, -0.2) is 14.4 Å². The highest BCUT2D eigenvalue weighted by Crippen LogP contribution is 2.38. The number of carbonyl (C=O) groups is 1. The second-order valence-electron chi connectivity index (χ2n) is 9.34. The molecule has 0 saturated carbocycles. The van der Waals surface area contributed by atoms with Gasteiger partial charge in [0.15, 0.2) is 11.6 Å². The van der Waals surface area contributed by atoms with Crippen LogP contribution in [0.3, 0.4) is 0 Å². The first-order valence-corrected chi connectivity index (χ1v) is 12.0. The van der Waals surface area contributed by atoms with Gasteiger partial charge in [-0.15, -0.1) is 0 Å². The molecule has 3 N–H and O–H groups in total. The molecule has 1 amide bonds. The van der Waals surface area contributed by atoms with Gasteiger partial charge >= 0.3 is 6.18 Å². The number of hydrogen-bond donors (Lipinski definition) is 3. The van der Waals surface area contributed by atoms with E-state index in [0.29, 0.717) is 13.1 Å². The summed E-state index contributed by atoms with van der Waals surface area (Å²) in [5.41, 5.74) is -2.28. The van der Waals surface area contributed by atoms with Crippen LogP contribution in [0, 0.1) is 12.7 Å². The molecule has 1 fully saturated rings. The van der Waals surface area contributed by atoms with Crippen molar-refractivity contribution in [1.82, 2.24) is 19.9 Å². The van der Waals surface area contributed by atoms with E-state index in [2.05, 4.69) is 20.3 Å². The minimum absolute atomic E-state index is 0.0253. The molecule has 1 aliphatic rings.